The third-order valence-corrected chi connectivity index (χ3v) is 3.28. The molecular weight excluding hydrogens is 257 g/mol. The summed E-state index contributed by atoms with van der Waals surface area (Å²) in [5.41, 5.74) is -0.571. The number of benzene rings is 1. The van der Waals surface area contributed by atoms with Gasteiger partial charge in [-0.2, -0.15) is 18.4 Å². The summed E-state index contributed by atoms with van der Waals surface area (Å²) in [5, 5.41) is 18.3. The number of nitrogens with zero attached hydrogens (tertiary/aromatic N) is 2. The van der Waals surface area contributed by atoms with E-state index in [-0.39, 0.29) is 25.1 Å². The van der Waals surface area contributed by atoms with Gasteiger partial charge in [0.1, 0.15) is 0 Å². The minimum Gasteiger partial charge on any atom is -0.392 e. The average molecular weight is 270 g/mol. The minimum atomic E-state index is -4.43. The molecule has 1 aromatic rings. The summed E-state index contributed by atoms with van der Waals surface area (Å²) in [6.07, 6.45) is -4.91. The van der Waals surface area contributed by atoms with E-state index in [9.17, 15) is 18.3 Å². The quantitative estimate of drug-likeness (QED) is 0.839. The van der Waals surface area contributed by atoms with Gasteiger partial charge in [-0.05, 0) is 18.1 Å². The first-order valence-electron chi connectivity index (χ1n) is 5.88. The number of alkyl halides is 3. The highest BCUT2D eigenvalue weighted by molar-refractivity contribution is 5.33. The van der Waals surface area contributed by atoms with Crippen LogP contribution in [0.2, 0.25) is 0 Å². The first kappa shape index (κ1) is 13.8. The highest BCUT2D eigenvalue weighted by atomic mass is 19.4. The maximum atomic E-state index is 13.0. The fourth-order valence-corrected chi connectivity index (χ4v) is 2.51. The number of aliphatic hydroxyl groups is 1. The molecule has 19 heavy (non-hydrogen) atoms. The molecule has 1 aromatic carbocycles. The number of rotatable bonds is 2. The molecule has 0 saturated carbocycles. The Balaban J connectivity index is 2.39. The van der Waals surface area contributed by atoms with Crippen LogP contribution in [0.3, 0.4) is 0 Å². The second-order valence-electron chi connectivity index (χ2n) is 4.58. The maximum Gasteiger partial charge on any atom is 0.416 e. The van der Waals surface area contributed by atoms with Crippen molar-refractivity contribution in [3.8, 4) is 6.07 Å². The van der Waals surface area contributed by atoms with E-state index in [0.717, 1.165) is 6.07 Å². The van der Waals surface area contributed by atoms with E-state index in [2.05, 4.69) is 0 Å². The van der Waals surface area contributed by atoms with Crippen molar-refractivity contribution in [2.75, 3.05) is 13.1 Å². The molecule has 0 aliphatic carbocycles. The number of β-amino-alcohol motifs (C(OH)–C–C–N with tert-alkyl or cyclic N) is 1. The van der Waals surface area contributed by atoms with Gasteiger partial charge in [0.15, 0.2) is 0 Å². The Morgan fingerprint density at radius 3 is 2.68 bits per heavy atom. The SMILES string of the molecule is N#CCN1C[C@H](O)C[C@@H]1c1ccccc1C(F)(F)F. The van der Waals surface area contributed by atoms with Crippen LogP contribution in [0.4, 0.5) is 13.2 Å². The zero-order valence-corrected chi connectivity index (χ0v) is 10.1. The van der Waals surface area contributed by atoms with E-state index >= 15 is 0 Å². The molecule has 1 fully saturated rings. The summed E-state index contributed by atoms with van der Waals surface area (Å²) in [7, 11) is 0. The summed E-state index contributed by atoms with van der Waals surface area (Å²) < 4.78 is 38.9. The predicted molar refractivity (Wildman–Crippen MR) is 62.0 cm³/mol. The highest BCUT2D eigenvalue weighted by Gasteiger charge is 2.39. The lowest BCUT2D eigenvalue weighted by atomic mass is 9.97. The Kier molecular flexibility index (Phi) is 3.78. The van der Waals surface area contributed by atoms with E-state index in [0.29, 0.717) is 0 Å². The van der Waals surface area contributed by atoms with Crippen LogP contribution in [-0.2, 0) is 6.18 Å². The highest BCUT2D eigenvalue weighted by Crippen LogP contribution is 2.40. The molecule has 1 N–H and O–H groups in total. The van der Waals surface area contributed by atoms with Gasteiger partial charge in [-0.25, -0.2) is 0 Å². The molecule has 102 valence electrons. The zero-order valence-electron chi connectivity index (χ0n) is 10.1. The van der Waals surface area contributed by atoms with Crippen molar-refractivity contribution in [1.82, 2.24) is 4.90 Å². The van der Waals surface area contributed by atoms with Gasteiger partial charge in [0.05, 0.1) is 24.3 Å². The van der Waals surface area contributed by atoms with Gasteiger partial charge < -0.3 is 5.11 Å². The average Bonchev–Trinajstić information content (AvgIpc) is 2.70. The van der Waals surface area contributed by atoms with Crippen molar-refractivity contribution in [2.24, 2.45) is 0 Å². The van der Waals surface area contributed by atoms with Gasteiger partial charge in [0.2, 0.25) is 0 Å². The van der Waals surface area contributed by atoms with Crippen LogP contribution in [-0.4, -0.2) is 29.2 Å². The molecule has 1 heterocycles. The van der Waals surface area contributed by atoms with Crippen molar-refractivity contribution >= 4 is 0 Å². The molecule has 0 aromatic heterocycles. The maximum absolute atomic E-state index is 13.0. The first-order chi connectivity index (χ1) is 8.93. The molecule has 2 rings (SSSR count). The van der Waals surface area contributed by atoms with Crippen LogP contribution < -0.4 is 0 Å². The Morgan fingerprint density at radius 2 is 2.05 bits per heavy atom. The van der Waals surface area contributed by atoms with E-state index < -0.39 is 23.9 Å². The van der Waals surface area contributed by atoms with Gasteiger partial charge in [-0.1, -0.05) is 18.2 Å². The topological polar surface area (TPSA) is 47.3 Å². The van der Waals surface area contributed by atoms with Crippen LogP contribution in [0.5, 0.6) is 0 Å². The first-order valence-corrected chi connectivity index (χ1v) is 5.88. The molecule has 0 spiro atoms. The second-order valence-corrected chi connectivity index (χ2v) is 4.58. The molecule has 0 amide bonds. The zero-order chi connectivity index (χ0) is 14.0. The standard InChI is InChI=1S/C13H13F3N2O/c14-13(15,16)11-4-2-1-3-10(11)12-7-9(19)8-18(12)6-5-17/h1-4,9,12,19H,6-8H2/t9-,12-/m1/s1. The fraction of sp³-hybridized carbons (Fsp3) is 0.462. The number of halogens is 3. The summed E-state index contributed by atoms with van der Waals surface area (Å²) >= 11 is 0. The van der Waals surface area contributed by atoms with Gasteiger partial charge in [-0.3, -0.25) is 4.90 Å². The predicted octanol–water partition coefficient (Wildman–Crippen LogP) is 2.34. The molecule has 0 radical (unpaired) electrons. The van der Waals surface area contributed by atoms with Crippen LogP contribution in [0.25, 0.3) is 0 Å². The van der Waals surface area contributed by atoms with Crippen molar-refractivity contribution in [1.29, 1.82) is 5.26 Å². The van der Waals surface area contributed by atoms with E-state index in [1.165, 1.54) is 12.1 Å². The molecule has 3 nitrogen and oxygen atoms in total. The number of aliphatic hydroxyl groups excluding tert-OH is 1. The number of likely N-dealkylation sites (tertiary alicyclic amines) is 1. The molecule has 1 aliphatic rings. The van der Waals surface area contributed by atoms with E-state index in [1.54, 1.807) is 11.0 Å². The second kappa shape index (κ2) is 5.19. The summed E-state index contributed by atoms with van der Waals surface area (Å²) in [6, 6.07) is 6.69. The van der Waals surface area contributed by atoms with Crippen molar-refractivity contribution in [3.05, 3.63) is 35.4 Å². The molecule has 2 atom stereocenters. The summed E-state index contributed by atoms with van der Waals surface area (Å²) in [6.45, 7) is 0.234. The van der Waals surface area contributed by atoms with Crippen LogP contribution in [0, 0.1) is 11.3 Å². The van der Waals surface area contributed by atoms with Crippen LogP contribution >= 0.6 is 0 Å². The van der Waals surface area contributed by atoms with E-state index in [1.807, 2.05) is 6.07 Å². The molecular formula is C13H13F3N2O. The van der Waals surface area contributed by atoms with Crippen molar-refractivity contribution in [3.63, 3.8) is 0 Å². The lowest BCUT2D eigenvalue weighted by Gasteiger charge is -2.24. The number of hydrogen-bond acceptors (Lipinski definition) is 3. The monoisotopic (exact) mass is 270 g/mol. The molecule has 6 heteroatoms. The van der Waals surface area contributed by atoms with Gasteiger partial charge in [0, 0.05) is 12.6 Å². The van der Waals surface area contributed by atoms with Gasteiger partial charge >= 0.3 is 6.18 Å². The normalized spacial score (nSPS) is 24.4. The smallest absolute Gasteiger partial charge is 0.392 e. The van der Waals surface area contributed by atoms with Gasteiger partial charge in [0.25, 0.3) is 0 Å². The number of nitriles is 1. The number of hydrogen-bond donors (Lipinski definition) is 1. The third kappa shape index (κ3) is 2.88. The summed E-state index contributed by atoms with van der Waals surface area (Å²) in [4.78, 5) is 1.58. The molecule has 1 saturated heterocycles. The van der Waals surface area contributed by atoms with Crippen molar-refractivity contribution < 1.29 is 18.3 Å². The Bertz CT molecular complexity index is 495. The summed E-state index contributed by atoms with van der Waals surface area (Å²) in [5.74, 6) is 0. The van der Waals surface area contributed by atoms with Crippen molar-refractivity contribution in [2.45, 2.75) is 24.7 Å². The van der Waals surface area contributed by atoms with Crippen LogP contribution in [0.15, 0.2) is 24.3 Å². The Morgan fingerprint density at radius 1 is 1.37 bits per heavy atom. The largest absolute Gasteiger partial charge is 0.416 e. The van der Waals surface area contributed by atoms with E-state index in [4.69, 9.17) is 5.26 Å². The fourth-order valence-electron chi connectivity index (χ4n) is 2.51. The Labute approximate surface area is 108 Å². The van der Waals surface area contributed by atoms with Crippen LogP contribution in [0.1, 0.15) is 23.6 Å². The third-order valence-electron chi connectivity index (χ3n) is 3.28. The molecule has 1 aliphatic heterocycles. The molecule has 0 unspecified atom stereocenters. The lowest BCUT2D eigenvalue weighted by molar-refractivity contribution is -0.138. The van der Waals surface area contributed by atoms with Gasteiger partial charge in [-0.15, -0.1) is 0 Å². The minimum absolute atomic E-state index is 0.00786. The molecule has 0 bridgehead atoms. The lowest BCUT2D eigenvalue weighted by Crippen LogP contribution is -2.26. The Hall–Kier alpha value is -1.58.